The van der Waals surface area contributed by atoms with Crippen molar-refractivity contribution in [1.29, 1.82) is 0 Å². The Labute approximate surface area is 199 Å². The zero-order valence-electron chi connectivity index (χ0n) is 17.8. The lowest BCUT2D eigenvalue weighted by Gasteiger charge is -2.08. The van der Waals surface area contributed by atoms with Gasteiger partial charge in [0, 0.05) is 33.6 Å². The molecular formula is C27H18ClF2N3O. The summed E-state index contributed by atoms with van der Waals surface area (Å²) < 4.78 is 28.7. The lowest BCUT2D eigenvalue weighted by Crippen LogP contribution is -2.20. The van der Waals surface area contributed by atoms with Gasteiger partial charge in [0.1, 0.15) is 11.6 Å². The average Bonchev–Trinajstić information content (AvgIpc) is 3.15. The van der Waals surface area contributed by atoms with E-state index in [1.807, 2.05) is 54.6 Å². The molecule has 0 saturated heterocycles. The molecule has 0 aliphatic carbocycles. The van der Waals surface area contributed by atoms with E-state index in [1.165, 1.54) is 12.2 Å². The summed E-state index contributed by atoms with van der Waals surface area (Å²) in [5.74, 6) is -1.79. The summed E-state index contributed by atoms with van der Waals surface area (Å²) in [4.78, 5) is 16.8. The standard InChI is InChI=1S/C27H18ClF2N3O/c28-18-6-8-22(9-7-18)33-25-4-2-1-3-23(25)24-14-21(31-16-26(24)33)15-32-27(34)10-5-17-11-19(29)13-20(30)12-17/h1-14,16H,15H2,(H,32,34)/b10-5+. The molecule has 0 atom stereocenters. The Morgan fingerprint density at radius 1 is 0.941 bits per heavy atom. The Morgan fingerprint density at radius 2 is 1.68 bits per heavy atom. The van der Waals surface area contributed by atoms with Crippen molar-refractivity contribution in [2.45, 2.75) is 6.54 Å². The van der Waals surface area contributed by atoms with Crippen molar-refractivity contribution in [2.24, 2.45) is 0 Å². The molecule has 0 aliphatic rings. The smallest absolute Gasteiger partial charge is 0.244 e. The third kappa shape index (κ3) is 4.40. The fourth-order valence-corrected chi connectivity index (χ4v) is 4.08. The van der Waals surface area contributed by atoms with Crippen LogP contribution in [0.4, 0.5) is 8.78 Å². The number of hydrogen-bond acceptors (Lipinski definition) is 2. The second-order valence-electron chi connectivity index (χ2n) is 7.78. The van der Waals surface area contributed by atoms with E-state index in [1.54, 1.807) is 6.20 Å². The maximum Gasteiger partial charge on any atom is 0.244 e. The van der Waals surface area contributed by atoms with Crippen LogP contribution in [0, 0.1) is 11.6 Å². The highest BCUT2D eigenvalue weighted by Crippen LogP contribution is 2.32. The average molecular weight is 474 g/mol. The van der Waals surface area contributed by atoms with Crippen LogP contribution in [0.15, 0.2) is 85.1 Å². The van der Waals surface area contributed by atoms with Crippen molar-refractivity contribution < 1.29 is 13.6 Å². The minimum absolute atomic E-state index is 0.205. The molecule has 5 aromatic rings. The van der Waals surface area contributed by atoms with Gasteiger partial charge in [-0.25, -0.2) is 8.78 Å². The van der Waals surface area contributed by atoms with E-state index < -0.39 is 17.5 Å². The summed E-state index contributed by atoms with van der Waals surface area (Å²) in [6.45, 7) is 0.205. The maximum absolute atomic E-state index is 13.3. The normalized spacial score (nSPS) is 11.5. The van der Waals surface area contributed by atoms with Crippen LogP contribution in [0.25, 0.3) is 33.6 Å². The molecule has 0 radical (unpaired) electrons. The fraction of sp³-hybridized carbons (Fsp3) is 0.0370. The van der Waals surface area contributed by atoms with Crippen molar-refractivity contribution in [1.82, 2.24) is 14.9 Å². The van der Waals surface area contributed by atoms with Crippen LogP contribution in [0.1, 0.15) is 11.3 Å². The molecule has 1 amide bonds. The molecule has 2 aromatic heterocycles. The molecule has 0 bridgehead atoms. The van der Waals surface area contributed by atoms with Crippen LogP contribution >= 0.6 is 11.6 Å². The second kappa shape index (κ2) is 9.08. The van der Waals surface area contributed by atoms with E-state index in [0.717, 1.165) is 45.7 Å². The number of aromatic nitrogens is 2. The number of nitrogens with one attached hydrogen (secondary N) is 1. The fourth-order valence-electron chi connectivity index (χ4n) is 3.96. The molecule has 7 heteroatoms. The van der Waals surface area contributed by atoms with Crippen LogP contribution in [0.5, 0.6) is 0 Å². The summed E-state index contributed by atoms with van der Waals surface area (Å²) in [6.07, 6.45) is 4.38. The predicted molar refractivity (Wildman–Crippen MR) is 131 cm³/mol. The first-order valence-corrected chi connectivity index (χ1v) is 10.9. The van der Waals surface area contributed by atoms with E-state index in [0.29, 0.717) is 10.7 Å². The number of nitrogens with zero attached hydrogens (tertiary/aromatic N) is 2. The van der Waals surface area contributed by atoms with E-state index in [-0.39, 0.29) is 12.1 Å². The minimum atomic E-state index is -0.699. The molecule has 1 N–H and O–H groups in total. The monoisotopic (exact) mass is 473 g/mol. The van der Waals surface area contributed by atoms with Gasteiger partial charge in [-0.05, 0) is 60.2 Å². The van der Waals surface area contributed by atoms with E-state index in [4.69, 9.17) is 11.6 Å². The minimum Gasteiger partial charge on any atom is -0.347 e. The molecule has 34 heavy (non-hydrogen) atoms. The van der Waals surface area contributed by atoms with Gasteiger partial charge in [-0.15, -0.1) is 0 Å². The number of benzene rings is 3. The van der Waals surface area contributed by atoms with E-state index in [2.05, 4.69) is 14.9 Å². The van der Waals surface area contributed by atoms with Crippen molar-refractivity contribution in [3.63, 3.8) is 0 Å². The van der Waals surface area contributed by atoms with Gasteiger partial charge in [0.15, 0.2) is 0 Å². The molecule has 3 aromatic carbocycles. The molecule has 0 unspecified atom stereocenters. The first-order chi connectivity index (χ1) is 16.5. The summed E-state index contributed by atoms with van der Waals surface area (Å²) in [5.41, 5.74) is 3.89. The summed E-state index contributed by atoms with van der Waals surface area (Å²) in [7, 11) is 0. The quantitative estimate of drug-likeness (QED) is 0.298. The third-order valence-corrected chi connectivity index (χ3v) is 5.71. The Morgan fingerprint density at radius 3 is 2.44 bits per heavy atom. The third-order valence-electron chi connectivity index (χ3n) is 5.46. The topological polar surface area (TPSA) is 46.9 Å². The van der Waals surface area contributed by atoms with Crippen LogP contribution in [-0.2, 0) is 11.3 Å². The zero-order valence-corrected chi connectivity index (χ0v) is 18.6. The molecule has 4 nitrogen and oxygen atoms in total. The largest absolute Gasteiger partial charge is 0.347 e. The zero-order chi connectivity index (χ0) is 23.7. The molecule has 0 saturated carbocycles. The molecule has 0 spiro atoms. The number of hydrogen-bond donors (Lipinski definition) is 1. The molecule has 2 heterocycles. The number of para-hydroxylation sites is 1. The van der Waals surface area contributed by atoms with Crippen molar-refractivity contribution >= 4 is 45.4 Å². The highest BCUT2D eigenvalue weighted by Gasteiger charge is 2.13. The number of fused-ring (bicyclic) bond motifs is 3. The van der Waals surface area contributed by atoms with E-state index >= 15 is 0 Å². The van der Waals surface area contributed by atoms with Gasteiger partial charge in [-0.1, -0.05) is 29.8 Å². The Hall–Kier alpha value is -4.03. The van der Waals surface area contributed by atoms with Crippen LogP contribution in [0.3, 0.4) is 0 Å². The number of halogens is 3. The van der Waals surface area contributed by atoms with Gasteiger partial charge in [0.25, 0.3) is 0 Å². The number of carbonyl (C=O) groups is 1. The van der Waals surface area contributed by atoms with E-state index in [9.17, 15) is 13.6 Å². The highest BCUT2D eigenvalue weighted by molar-refractivity contribution is 6.30. The molecule has 0 aliphatic heterocycles. The molecule has 0 fully saturated rings. The predicted octanol–water partition coefficient (Wildman–Crippen LogP) is 6.44. The second-order valence-corrected chi connectivity index (χ2v) is 8.21. The molecule has 5 rings (SSSR count). The van der Waals surface area contributed by atoms with Crippen molar-refractivity contribution in [3.05, 3.63) is 113 Å². The SMILES string of the molecule is O=C(/C=C/c1cc(F)cc(F)c1)NCc1cc2c3ccccc3n(-c3ccc(Cl)cc3)c2cn1. The lowest BCUT2D eigenvalue weighted by atomic mass is 10.1. The number of rotatable bonds is 5. The van der Waals surface area contributed by atoms with Crippen LogP contribution in [-0.4, -0.2) is 15.5 Å². The lowest BCUT2D eigenvalue weighted by molar-refractivity contribution is -0.116. The van der Waals surface area contributed by atoms with Crippen LogP contribution in [0.2, 0.25) is 5.02 Å². The summed E-state index contributed by atoms with van der Waals surface area (Å²) >= 11 is 6.07. The van der Waals surface area contributed by atoms with Crippen molar-refractivity contribution in [2.75, 3.05) is 0 Å². The summed E-state index contributed by atoms with van der Waals surface area (Å²) in [5, 5.41) is 5.50. The van der Waals surface area contributed by atoms with Crippen molar-refractivity contribution in [3.8, 4) is 5.69 Å². The Balaban J connectivity index is 1.41. The molecular weight excluding hydrogens is 456 g/mol. The number of carbonyl (C=O) groups excluding carboxylic acids is 1. The first-order valence-electron chi connectivity index (χ1n) is 10.5. The Bertz CT molecular complexity index is 1540. The van der Waals surface area contributed by atoms with Gasteiger partial charge < -0.3 is 9.88 Å². The van der Waals surface area contributed by atoms with Gasteiger partial charge >= 0.3 is 0 Å². The maximum atomic E-state index is 13.3. The summed E-state index contributed by atoms with van der Waals surface area (Å²) in [6, 6.07) is 20.7. The van der Waals surface area contributed by atoms with Gasteiger partial charge in [-0.3, -0.25) is 9.78 Å². The number of amides is 1. The van der Waals surface area contributed by atoms with Gasteiger partial charge in [0.2, 0.25) is 5.91 Å². The number of pyridine rings is 1. The van der Waals surface area contributed by atoms with Gasteiger partial charge in [0.05, 0.1) is 29.5 Å². The Kier molecular flexibility index (Phi) is 5.82. The first kappa shape index (κ1) is 21.8. The molecule has 168 valence electrons. The van der Waals surface area contributed by atoms with Gasteiger partial charge in [-0.2, -0.15) is 0 Å². The highest BCUT2D eigenvalue weighted by atomic mass is 35.5. The van der Waals surface area contributed by atoms with Crippen LogP contribution < -0.4 is 5.32 Å².